The first-order chi connectivity index (χ1) is 12.8. The molecular weight excluding hydrogens is 397 g/mol. The fourth-order valence-corrected chi connectivity index (χ4v) is 2.35. The number of ether oxygens (including phenoxy) is 2. The average Bonchev–Trinajstić information content (AvgIpc) is 2.64. The number of hydrogen-bond acceptors (Lipinski definition) is 4. The van der Waals surface area contributed by atoms with Crippen LogP contribution in [0.1, 0.15) is 18.0 Å². The number of halogens is 4. The van der Waals surface area contributed by atoms with Crippen molar-refractivity contribution in [1.82, 2.24) is 10.2 Å². The summed E-state index contributed by atoms with van der Waals surface area (Å²) in [6.45, 7) is 0.160. The molecule has 0 aliphatic rings. The van der Waals surface area contributed by atoms with Crippen molar-refractivity contribution in [2.24, 2.45) is 0 Å². The van der Waals surface area contributed by atoms with E-state index in [4.69, 9.17) is 9.47 Å². The lowest BCUT2D eigenvalue weighted by molar-refractivity contribution is 0.172. The van der Waals surface area contributed by atoms with E-state index in [1.807, 2.05) is 0 Å². The van der Waals surface area contributed by atoms with Crippen molar-refractivity contribution >= 4 is 18.5 Å². The molecule has 0 heterocycles. The standard InChI is InChI=1S/C19H21F3N2O3.ClH/c1-23-17(8-9-26-14-10-15(20)18(22)16(21)11-14)12-4-6-13(7-5-12)27-19(25)24(2)3;/h4-7,10-11,17,23H,8-9H2,1-3H3;1H. The van der Waals surface area contributed by atoms with Crippen LogP contribution in [0.4, 0.5) is 18.0 Å². The Morgan fingerprint density at radius 2 is 1.64 bits per heavy atom. The van der Waals surface area contributed by atoms with Crippen molar-refractivity contribution in [3.63, 3.8) is 0 Å². The molecular formula is C19H22ClF3N2O3. The largest absolute Gasteiger partial charge is 0.493 e. The Labute approximate surface area is 167 Å². The molecule has 5 nitrogen and oxygen atoms in total. The molecule has 0 spiro atoms. The van der Waals surface area contributed by atoms with Gasteiger partial charge in [-0.2, -0.15) is 0 Å². The van der Waals surface area contributed by atoms with E-state index >= 15 is 0 Å². The summed E-state index contributed by atoms with van der Waals surface area (Å²) < 4.78 is 49.8. The number of carbonyl (C=O) groups excluding carboxylic acids is 1. The summed E-state index contributed by atoms with van der Waals surface area (Å²) in [6, 6.07) is 8.47. The third-order valence-electron chi connectivity index (χ3n) is 3.83. The number of benzene rings is 2. The van der Waals surface area contributed by atoms with E-state index in [-0.39, 0.29) is 30.8 Å². The lowest BCUT2D eigenvalue weighted by Crippen LogP contribution is -2.25. The van der Waals surface area contributed by atoms with Gasteiger partial charge >= 0.3 is 6.09 Å². The van der Waals surface area contributed by atoms with Crippen LogP contribution in [-0.4, -0.2) is 38.7 Å². The molecule has 28 heavy (non-hydrogen) atoms. The van der Waals surface area contributed by atoms with Gasteiger partial charge in [0.1, 0.15) is 11.5 Å². The first-order valence-corrected chi connectivity index (χ1v) is 8.25. The summed E-state index contributed by atoms with van der Waals surface area (Å²) in [5.41, 5.74) is 0.919. The Morgan fingerprint density at radius 3 is 2.14 bits per heavy atom. The normalized spacial score (nSPS) is 11.4. The lowest BCUT2D eigenvalue weighted by atomic mass is 10.0. The van der Waals surface area contributed by atoms with Crippen LogP contribution in [0.25, 0.3) is 0 Å². The van der Waals surface area contributed by atoms with E-state index in [1.54, 1.807) is 45.4 Å². The van der Waals surface area contributed by atoms with E-state index in [9.17, 15) is 18.0 Å². The first kappa shape index (κ1) is 23.6. The van der Waals surface area contributed by atoms with E-state index in [0.29, 0.717) is 12.2 Å². The van der Waals surface area contributed by atoms with Crippen molar-refractivity contribution in [3.05, 3.63) is 59.4 Å². The molecule has 0 saturated carbocycles. The van der Waals surface area contributed by atoms with Crippen molar-refractivity contribution in [3.8, 4) is 11.5 Å². The predicted octanol–water partition coefficient (Wildman–Crippen LogP) is 4.32. The summed E-state index contributed by atoms with van der Waals surface area (Å²) in [4.78, 5) is 12.9. The summed E-state index contributed by atoms with van der Waals surface area (Å²) in [7, 11) is 4.95. The van der Waals surface area contributed by atoms with Crippen molar-refractivity contribution in [2.75, 3.05) is 27.7 Å². The van der Waals surface area contributed by atoms with Crippen LogP contribution >= 0.6 is 12.4 Å². The van der Waals surface area contributed by atoms with E-state index in [0.717, 1.165) is 17.7 Å². The van der Waals surface area contributed by atoms with E-state index in [2.05, 4.69) is 5.32 Å². The molecule has 0 bridgehead atoms. The van der Waals surface area contributed by atoms with Gasteiger partial charge in [-0.25, -0.2) is 18.0 Å². The van der Waals surface area contributed by atoms with Gasteiger partial charge in [0.05, 0.1) is 6.61 Å². The monoisotopic (exact) mass is 418 g/mol. The molecule has 2 aromatic carbocycles. The van der Waals surface area contributed by atoms with Crippen LogP contribution in [0.15, 0.2) is 36.4 Å². The Morgan fingerprint density at radius 1 is 1.07 bits per heavy atom. The fraction of sp³-hybridized carbons (Fsp3) is 0.316. The summed E-state index contributed by atoms with van der Waals surface area (Å²) in [5, 5.41) is 3.11. The van der Waals surface area contributed by atoms with Crippen LogP contribution in [-0.2, 0) is 0 Å². The molecule has 0 aromatic heterocycles. The highest BCUT2D eigenvalue weighted by Gasteiger charge is 2.14. The first-order valence-electron chi connectivity index (χ1n) is 8.25. The molecule has 0 radical (unpaired) electrons. The molecule has 1 atom stereocenters. The minimum absolute atomic E-state index is 0. The molecule has 2 rings (SSSR count). The van der Waals surface area contributed by atoms with Gasteiger partial charge in [0.2, 0.25) is 0 Å². The average molecular weight is 419 g/mol. The van der Waals surface area contributed by atoms with Crippen LogP contribution in [0.3, 0.4) is 0 Å². The molecule has 2 aromatic rings. The van der Waals surface area contributed by atoms with Gasteiger partial charge in [-0.3, -0.25) is 0 Å². The number of carbonyl (C=O) groups is 1. The highest BCUT2D eigenvalue weighted by atomic mass is 35.5. The van der Waals surface area contributed by atoms with Gasteiger partial charge in [0, 0.05) is 38.7 Å². The summed E-state index contributed by atoms with van der Waals surface area (Å²) in [6.07, 6.45) is 0.0218. The number of nitrogens with zero attached hydrogens (tertiary/aromatic N) is 1. The Hall–Kier alpha value is -2.45. The second-order valence-corrected chi connectivity index (χ2v) is 6.01. The summed E-state index contributed by atoms with van der Waals surface area (Å²) >= 11 is 0. The van der Waals surface area contributed by atoms with Crippen LogP contribution < -0.4 is 14.8 Å². The molecule has 154 valence electrons. The smallest absolute Gasteiger partial charge is 0.414 e. The Kier molecular flexibility index (Phi) is 9.08. The summed E-state index contributed by atoms with van der Waals surface area (Å²) in [5.74, 6) is -3.77. The molecule has 0 aliphatic carbocycles. The maximum absolute atomic E-state index is 13.2. The van der Waals surface area contributed by atoms with Gasteiger partial charge < -0.3 is 19.7 Å². The number of amides is 1. The highest BCUT2D eigenvalue weighted by molar-refractivity contribution is 5.85. The minimum Gasteiger partial charge on any atom is -0.493 e. The van der Waals surface area contributed by atoms with Gasteiger partial charge in [-0.1, -0.05) is 12.1 Å². The van der Waals surface area contributed by atoms with Crippen molar-refractivity contribution < 1.29 is 27.4 Å². The fourth-order valence-electron chi connectivity index (χ4n) is 2.35. The number of rotatable bonds is 7. The topological polar surface area (TPSA) is 50.8 Å². The SMILES string of the molecule is CNC(CCOc1cc(F)c(F)c(F)c1)c1ccc(OC(=O)N(C)C)cc1.Cl. The van der Waals surface area contributed by atoms with Gasteiger partial charge in [0.15, 0.2) is 17.5 Å². The zero-order valence-corrected chi connectivity index (χ0v) is 16.5. The molecule has 1 unspecified atom stereocenters. The van der Waals surface area contributed by atoms with Gasteiger partial charge in [-0.15, -0.1) is 12.4 Å². The number of nitrogens with one attached hydrogen (secondary N) is 1. The second-order valence-electron chi connectivity index (χ2n) is 6.01. The van der Waals surface area contributed by atoms with Gasteiger partial charge in [0.25, 0.3) is 0 Å². The third kappa shape index (κ3) is 6.31. The Balaban J connectivity index is 0.00000392. The zero-order chi connectivity index (χ0) is 20.0. The molecule has 1 amide bonds. The zero-order valence-electron chi connectivity index (χ0n) is 15.7. The van der Waals surface area contributed by atoms with Crippen LogP contribution in [0, 0.1) is 17.5 Å². The molecule has 0 saturated heterocycles. The second kappa shape index (κ2) is 10.8. The molecule has 0 aliphatic heterocycles. The van der Waals surface area contributed by atoms with Gasteiger partial charge in [-0.05, 0) is 24.7 Å². The molecule has 1 N–H and O–H groups in total. The van der Waals surface area contributed by atoms with E-state index < -0.39 is 23.5 Å². The highest BCUT2D eigenvalue weighted by Crippen LogP contribution is 2.23. The maximum atomic E-state index is 13.2. The minimum atomic E-state index is -1.52. The van der Waals surface area contributed by atoms with Crippen LogP contribution in [0.5, 0.6) is 11.5 Å². The lowest BCUT2D eigenvalue weighted by Gasteiger charge is -2.18. The number of hydrogen-bond donors (Lipinski definition) is 1. The molecule has 0 fully saturated rings. The van der Waals surface area contributed by atoms with Crippen molar-refractivity contribution in [1.29, 1.82) is 0 Å². The Bertz CT molecular complexity index is 765. The van der Waals surface area contributed by atoms with E-state index in [1.165, 1.54) is 4.90 Å². The molecule has 9 heteroatoms. The predicted molar refractivity (Wildman–Crippen MR) is 102 cm³/mol. The maximum Gasteiger partial charge on any atom is 0.414 e. The third-order valence-corrected chi connectivity index (χ3v) is 3.83. The van der Waals surface area contributed by atoms with Crippen LogP contribution in [0.2, 0.25) is 0 Å². The quantitative estimate of drug-likeness (QED) is 0.680. The van der Waals surface area contributed by atoms with Crippen molar-refractivity contribution in [2.45, 2.75) is 12.5 Å².